The molecule has 2 rings (SSSR count). The molecule has 0 aromatic carbocycles. The van der Waals surface area contributed by atoms with Crippen LogP contribution in [0, 0.1) is 0 Å². The second-order valence-electron chi connectivity index (χ2n) is 5.97. The first-order valence-corrected chi connectivity index (χ1v) is 8.58. The van der Waals surface area contributed by atoms with Crippen LogP contribution in [0.4, 0.5) is 5.13 Å². The molecule has 0 spiro atoms. The minimum Gasteiger partial charge on any atom is -0.480 e. The molecular formula is C15H28N4OS. The Morgan fingerprint density at radius 3 is 2.67 bits per heavy atom. The van der Waals surface area contributed by atoms with Gasteiger partial charge in [-0.1, -0.05) is 17.8 Å². The van der Waals surface area contributed by atoms with Crippen LogP contribution in [0.15, 0.2) is 0 Å². The number of methoxy groups -OCH3 is 1. The Bertz CT molecular complexity index is 429. The molecular weight excluding hydrogens is 284 g/mol. The Kier molecular flexibility index (Phi) is 6.26. The SMILES string of the molecule is COc1nc(N(C)C)sc1CNC(C)CN1CCCCC1. The molecule has 0 radical (unpaired) electrons. The van der Waals surface area contributed by atoms with E-state index in [9.17, 15) is 0 Å². The first-order valence-electron chi connectivity index (χ1n) is 7.77. The third kappa shape index (κ3) is 4.83. The lowest BCUT2D eigenvalue weighted by Gasteiger charge is -2.29. The third-order valence-electron chi connectivity index (χ3n) is 3.82. The van der Waals surface area contributed by atoms with Crippen molar-refractivity contribution in [3.63, 3.8) is 0 Å². The number of piperidine rings is 1. The monoisotopic (exact) mass is 312 g/mol. The van der Waals surface area contributed by atoms with Gasteiger partial charge in [0.15, 0.2) is 5.13 Å². The van der Waals surface area contributed by atoms with E-state index in [4.69, 9.17) is 4.74 Å². The van der Waals surface area contributed by atoms with Crippen LogP contribution in [-0.4, -0.2) is 56.8 Å². The van der Waals surface area contributed by atoms with E-state index in [1.54, 1.807) is 18.4 Å². The predicted octanol–water partition coefficient (Wildman–Crippen LogP) is 2.18. The zero-order valence-corrected chi connectivity index (χ0v) is 14.5. The summed E-state index contributed by atoms with van der Waals surface area (Å²) in [7, 11) is 5.71. The van der Waals surface area contributed by atoms with E-state index >= 15 is 0 Å². The van der Waals surface area contributed by atoms with Crippen molar-refractivity contribution in [3.05, 3.63) is 4.88 Å². The number of anilines is 1. The topological polar surface area (TPSA) is 40.6 Å². The van der Waals surface area contributed by atoms with Crippen LogP contribution in [0.25, 0.3) is 0 Å². The van der Waals surface area contributed by atoms with E-state index in [0.29, 0.717) is 6.04 Å². The van der Waals surface area contributed by atoms with Crippen LogP contribution < -0.4 is 15.0 Å². The predicted molar refractivity (Wildman–Crippen MR) is 89.6 cm³/mol. The Morgan fingerprint density at radius 1 is 1.33 bits per heavy atom. The van der Waals surface area contributed by atoms with Crippen molar-refractivity contribution < 1.29 is 4.74 Å². The van der Waals surface area contributed by atoms with Gasteiger partial charge in [0, 0.05) is 33.2 Å². The lowest BCUT2D eigenvalue weighted by Crippen LogP contribution is -2.41. The van der Waals surface area contributed by atoms with Gasteiger partial charge in [-0.25, -0.2) is 0 Å². The smallest absolute Gasteiger partial charge is 0.230 e. The minimum absolute atomic E-state index is 0.484. The van der Waals surface area contributed by atoms with Gasteiger partial charge >= 0.3 is 0 Å². The molecule has 0 saturated carbocycles. The van der Waals surface area contributed by atoms with E-state index in [-0.39, 0.29) is 0 Å². The molecule has 21 heavy (non-hydrogen) atoms. The summed E-state index contributed by atoms with van der Waals surface area (Å²) in [5, 5.41) is 4.60. The number of likely N-dealkylation sites (tertiary alicyclic amines) is 1. The molecule has 1 aromatic heterocycles. The van der Waals surface area contributed by atoms with Gasteiger partial charge in [-0.05, 0) is 32.9 Å². The highest BCUT2D eigenvalue weighted by Gasteiger charge is 2.16. The van der Waals surface area contributed by atoms with Gasteiger partial charge < -0.3 is 19.9 Å². The molecule has 0 aliphatic carbocycles. The molecule has 1 unspecified atom stereocenters. The van der Waals surface area contributed by atoms with Crippen LogP contribution in [0.1, 0.15) is 31.1 Å². The van der Waals surface area contributed by atoms with Gasteiger partial charge in [-0.3, -0.25) is 0 Å². The van der Waals surface area contributed by atoms with Gasteiger partial charge in [-0.2, -0.15) is 4.98 Å². The van der Waals surface area contributed by atoms with Crippen molar-refractivity contribution in [1.82, 2.24) is 15.2 Å². The van der Waals surface area contributed by atoms with Crippen molar-refractivity contribution in [2.24, 2.45) is 0 Å². The van der Waals surface area contributed by atoms with Gasteiger partial charge in [0.1, 0.15) is 0 Å². The summed E-state index contributed by atoms with van der Waals surface area (Å²) in [5.41, 5.74) is 0. The molecule has 1 aromatic rings. The molecule has 1 atom stereocenters. The lowest BCUT2D eigenvalue weighted by atomic mass is 10.1. The molecule has 2 heterocycles. The number of hydrogen-bond acceptors (Lipinski definition) is 6. The van der Waals surface area contributed by atoms with Crippen LogP contribution in [-0.2, 0) is 6.54 Å². The Labute approximate surface area is 132 Å². The van der Waals surface area contributed by atoms with E-state index < -0.39 is 0 Å². The van der Waals surface area contributed by atoms with Gasteiger partial charge in [-0.15, -0.1) is 0 Å². The number of ether oxygens (including phenoxy) is 1. The second kappa shape index (κ2) is 7.96. The number of nitrogens with one attached hydrogen (secondary N) is 1. The fraction of sp³-hybridized carbons (Fsp3) is 0.800. The van der Waals surface area contributed by atoms with Gasteiger partial charge in [0.05, 0.1) is 12.0 Å². The summed E-state index contributed by atoms with van der Waals surface area (Å²) in [6.07, 6.45) is 4.09. The zero-order valence-electron chi connectivity index (χ0n) is 13.7. The summed E-state index contributed by atoms with van der Waals surface area (Å²) in [6.45, 7) is 6.71. The Balaban J connectivity index is 1.83. The van der Waals surface area contributed by atoms with Crippen LogP contribution in [0.2, 0.25) is 0 Å². The number of aromatic nitrogens is 1. The molecule has 1 aliphatic rings. The quantitative estimate of drug-likeness (QED) is 0.836. The number of nitrogens with zero attached hydrogens (tertiary/aromatic N) is 3. The molecule has 1 fully saturated rings. The van der Waals surface area contributed by atoms with Crippen molar-refractivity contribution in [2.75, 3.05) is 45.7 Å². The van der Waals surface area contributed by atoms with E-state index in [1.165, 1.54) is 37.2 Å². The summed E-state index contributed by atoms with van der Waals surface area (Å²) >= 11 is 1.69. The lowest BCUT2D eigenvalue weighted by molar-refractivity contribution is 0.209. The maximum absolute atomic E-state index is 5.38. The highest BCUT2D eigenvalue weighted by molar-refractivity contribution is 7.15. The molecule has 0 amide bonds. The fourth-order valence-electron chi connectivity index (χ4n) is 2.65. The maximum atomic E-state index is 5.38. The first-order chi connectivity index (χ1) is 10.1. The van der Waals surface area contributed by atoms with Crippen molar-refractivity contribution >= 4 is 16.5 Å². The molecule has 0 bridgehead atoms. The van der Waals surface area contributed by atoms with Crippen molar-refractivity contribution in [3.8, 4) is 5.88 Å². The second-order valence-corrected chi connectivity index (χ2v) is 7.03. The molecule has 120 valence electrons. The standard InChI is InChI=1S/C15H28N4OS/c1-12(11-19-8-6-5-7-9-19)16-10-13-14(20-4)17-15(21-13)18(2)3/h12,16H,5-11H2,1-4H3. The Morgan fingerprint density at radius 2 is 2.05 bits per heavy atom. The Hall–Kier alpha value is -0.850. The van der Waals surface area contributed by atoms with E-state index in [0.717, 1.165) is 24.1 Å². The molecule has 1 N–H and O–H groups in total. The number of rotatable bonds is 7. The largest absolute Gasteiger partial charge is 0.480 e. The number of thiazole rings is 1. The summed E-state index contributed by atoms with van der Waals surface area (Å²) < 4.78 is 5.38. The summed E-state index contributed by atoms with van der Waals surface area (Å²) in [4.78, 5) is 10.3. The molecule has 6 heteroatoms. The molecule has 1 saturated heterocycles. The van der Waals surface area contributed by atoms with E-state index in [2.05, 4.69) is 22.1 Å². The first kappa shape index (κ1) is 16.5. The molecule has 1 aliphatic heterocycles. The average Bonchev–Trinajstić information content (AvgIpc) is 2.90. The summed E-state index contributed by atoms with van der Waals surface area (Å²) in [5.74, 6) is 0.751. The zero-order chi connectivity index (χ0) is 15.2. The minimum atomic E-state index is 0.484. The molecule has 5 nitrogen and oxygen atoms in total. The number of hydrogen-bond donors (Lipinski definition) is 1. The van der Waals surface area contributed by atoms with E-state index in [1.807, 2.05) is 19.0 Å². The van der Waals surface area contributed by atoms with Gasteiger partial charge in [0.2, 0.25) is 5.88 Å². The highest BCUT2D eigenvalue weighted by Crippen LogP contribution is 2.30. The van der Waals surface area contributed by atoms with Crippen molar-refractivity contribution in [2.45, 2.75) is 38.8 Å². The van der Waals surface area contributed by atoms with Crippen LogP contribution in [0.5, 0.6) is 5.88 Å². The van der Waals surface area contributed by atoms with Crippen LogP contribution in [0.3, 0.4) is 0 Å². The fourth-order valence-corrected chi connectivity index (χ4v) is 3.55. The van der Waals surface area contributed by atoms with Crippen molar-refractivity contribution in [1.29, 1.82) is 0 Å². The van der Waals surface area contributed by atoms with Gasteiger partial charge in [0.25, 0.3) is 0 Å². The normalized spacial score (nSPS) is 17.7. The average molecular weight is 312 g/mol. The third-order valence-corrected chi connectivity index (χ3v) is 5.02. The highest BCUT2D eigenvalue weighted by atomic mass is 32.1. The summed E-state index contributed by atoms with van der Waals surface area (Å²) in [6, 6.07) is 0.484. The van der Waals surface area contributed by atoms with Crippen LogP contribution >= 0.6 is 11.3 Å². The maximum Gasteiger partial charge on any atom is 0.230 e.